The predicted molar refractivity (Wildman–Crippen MR) is 40.4 cm³/mol. The van der Waals surface area contributed by atoms with Crippen molar-refractivity contribution in [2.24, 2.45) is 5.92 Å². The minimum absolute atomic E-state index is 0.903. The van der Waals surface area contributed by atoms with Crippen LogP contribution in [0.1, 0.15) is 19.3 Å². The molecule has 9 heavy (non-hydrogen) atoms. The summed E-state index contributed by atoms with van der Waals surface area (Å²) >= 11 is 0. The molecule has 0 saturated heterocycles. The molecule has 0 aromatic rings. The third-order valence-corrected chi connectivity index (χ3v) is 1.87. The lowest BCUT2D eigenvalue weighted by atomic mass is 9.95. The summed E-state index contributed by atoms with van der Waals surface area (Å²) in [5.74, 6) is 0.903. The van der Waals surface area contributed by atoms with Gasteiger partial charge in [0, 0.05) is 0 Å². The van der Waals surface area contributed by atoms with Crippen LogP contribution in [0.5, 0.6) is 0 Å². The third kappa shape index (κ3) is 2.19. The first-order chi connectivity index (χ1) is 4.43. The minimum Gasteiger partial charge on any atom is -0.319 e. The minimum atomic E-state index is 0.903. The van der Waals surface area contributed by atoms with Gasteiger partial charge < -0.3 is 5.32 Å². The summed E-state index contributed by atoms with van der Waals surface area (Å²) in [6, 6.07) is 0. The van der Waals surface area contributed by atoms with Gasteiger partial charge in [-0.2, -0.15) is 0 Å². The SMILES string of the molecule is CNC[C@H]1CC=CCC1. The zero-order valence-electron chi connectivity index (χ0n) is 6.06. The Labute approximate surface area is 57.1 Å². The molecule has 52 valence electrons. The Balaban J connectivity index is 2.18. The number of hydrogen-bond acceptors (Lipinski definition) is 1. The molecular weight excluding hydrogens is 110 g/mol. The monoisotopic (exact) mass is 125 g/mol. The van der Waals surface area contributed by atoms with Gasteiger partial charge in [0.15, 0.2) is 0 Å². The highest BCUT2D eigenvalue weighted by molar-refractivity contribution is 4.90. The summed E-state index contributed by atoms with van der Waals surface area (Å²) in [7, 11) is 2.03. The van der Waals surface area contributed by atoms with Crippen LogP contribution in [0, 0.1) is 5.92 Å². The normalized spacial score (nSPS) is 26.6. The highest BCUT2D eigenvalue weighted by Crippen LogP contribution is 2.16. The number of hydrogen-bond donors (Lipinski definition) is 1. The molecule has 1 aliphatic rings. The summed E-state index contributed by atoms with van der Waals surface area (Å²) in [6.07, 6.45) is 8.52. The molecule has 1 N–H and O–H groups in total. The molecule has 0 fully saturated rings. The highest BCUT2D eigenvalue weighted by atomic mass is 14.8. The predicted octanol–water partition coefficient (Wildman–Crippen LogP) is 1.56. The van der Waals surface area contributed by atoms with Gasteiger partial charge in [-0.3, -0.25) is 0 Å². The van der Waals surface area contributed by atoms with Gasteiger partial charge in [-0.05, 0) is 38.8 Å². The van der Waals surface area contributed by atoms with E-state index >= 15 is 0 Å². The van der Waals surface area contributed by atoms with Crippen LogP contribution < -0.4 is 5.32 Å². The highest BCUT2D eigenvalue weighted by Gasteiger charge is 2.06. The second-order valence-electron chi connectivity index (χ2n) is 2.71. The average molecular weight is 125 g/mol. The van der Waals surface area contributed by atoms with Gasteiger partial charge >= 0.3 is 0 Å². The van der Waals surface area contributed by atoms with Gasteiger partial charge in [0.2, 0.25) is 0 Å². The maximum atomic E-state index is 3.20. The van der Waals surface area contributed by atoms with E-state index in [1.54, 1.807) is 0 Å². The Hall–Kier alpha value is -0.300. The van der Waals surface area contributed by atoms with E-state index in [1.165, 1.54) is 25.8 Å². The molecule has 0 bridgehead atoms. The molecule has 0 radical (unpaired) electrons. The molecule has 0 spiro atoms. The van der Waals surface area contributed by atoms with Crippen molar-refractivity contribution in [2.75, 3.05) is 13.6 Å². The maximum absolute atomic E-state index is 3.20. The second-order valence-corrected chi connectivity index (χ2v) is 2.71. The summed E-state index contributed by atoms with van der Waals surface area (Å²) in [4.78, 5) is 0. The average Bonchev–Trinajstić information content (AvgIpc) is 1.91. The topological polar surface area (TPSA) is 12.0 Å². The van der Waals surface area contributed by atoms with E-state index in [2.05, 4.69) is 17.5 Å². The van der Waals surface area contributed by atoms with Gasteiger partial charge in [-0.25, -0.2) is 0 Å². The molecule has 0 aliphatic heterocycles. The Morgan fingerprint density at radius 2 is 2.44 bits per heavy atom. The molecular formula is C8H15N. The molecule has 1 heteroatoms. The lowest BCUT2D eigenvalue weighted by molar-refractivity contribution is 0.459. The van der Waals surface area contributed by atoms with Gasteiger partial charge in [0.05, 0.1) is 0 Å². The zero-order valence-corrected chi connectivity index (χ0v) is 6.06. The summed E-state index contributed by atoms with van der Waals surface area (Å²) in [6.45, 7) is 1.18. The first-order valence-corrected chi connectivity index (χ1v) is 3.73. The summed E-state index contributed by atoms with van der Waals surface area (Å²) in [5.41, 5.74) is 0. The molecule has 1 rings (SSSR count). The Morgan fingerprint density at radius 3 is 3.00 bits per heavy atom. The standard InChI is InChI=1S/C8H15N/c1-9-7-8-5-3-2-4-6-8/h2-3,8-9H,4-7H2,1H3/t8-/m0/s1. The smallest absolute Gasteiger partial charge is 0.00204 e. The van der Waals surface area contributed by atoms with Crippen molar-refractivity contribution in [3.05, 3.63) is 12.2 Å². The van der Waals surface area contributed by atoms with Crippen LogP contribution in [0.25, 0.3) is 0 Å². The van der Waals surface area contributed by atoms with Gasteiger partial charge in [0.25, 0.3) is 0 Å². The Morgan fingerprint density at radius 1 is 1.56 bits per heavy atom. The first kappa shape index (κ1) is 6.81. The van der Waals surface area contributed by atoms with E-state index in [4.69, 9.17) is 0 Å². The van der Waals surface area contributed by atoms with Crippen molar-refractivity contribution in [3.8, 4) is 0 Å². The van der Waals surface area contributed by atoms with Crippen LogP contribution in [0.15, 0.2) is 12.2 Å². The van der Waals surface area contributed by atoms with Crippen molar-refractivity contribution in [1.82, 2.24) is 5.32 Å². The van der Waals surface area contributed by atoms with Crippen LogP contribution in [0.4, 0.5) is 0 Å². The Kier molecular flexibility index (Phi) is 2.78. The molecule has 0 aromatic heterocycles. The zero-order chi connectivity index (χ0) is 6.53. The largest absolute Gasteiger partial charge is 0.319 e. The van der Waals surface area contributed by atoms with Crippen molar-refractivity contribution in [3.63, 3.8) is 0 Å². The summed E-state index contributed by atoms with van der Waals surface area (Å²) < 4.78 is 0. The van der Waals surface area contributed by atoms with E-state index in [-0.39, 0.29) is 0 Å². The van der Waals surface area contributed by atoms with Crippen molar-refractivity contribution >= 4 is 0 Å². The van der Waals surface area contributed by atoms with E-state index in [0.29, 0.717) is 0 Å². The van der Waals surface area contributed by atoms with Gasteiger partial charge in [0.1, 0.15) is 0 Å². The number of nitrogens with one attached hydrogen (secondary N) is 1. The van der Waals surface area contributed by atoms with Crippen LogP contribution in [0.3, 0.4) is 0 Å². The van der Waals surface area contributed by atoms with E-state index in [0.717, 1.165) is 5.92 Å². The van der Waals surface area contributed by atoms with Crippen molar-refractivity contribution < 1.29 is 0 Å². The van der Waals surface area contributed by atoms with E-state index in [1.807, 2.05) is 7.05 Å². The van der Waals surface area contributed by atoms with Crippen LogP contribution >= 0.6 is 0 Å². The van der Waals surface area contributed by atoms with E-state index in [9.17, 15) is 0 Å². The molecule has 1 atom stereocenters. The lowest BCUT2D eigenvalue weighted by Crippen LogP contribution is -2.19. The molecule has 0 amide bonds. The van der Waals surface area contributed by atoms with Crippen LogP contribution in [-0.2, 0) is 0 Å². The fourth-order valence-electron chi connectivity index (χ4n) is 1.33. The van der Waals surface area contributed by atoms with E-state index < -0.39 is 0 Å². The second kappa shape index (κ2) is 3.67. The fourth-order valence-corrected chi connectivity index (χ4v) is 1.33. The van der Waals surface area contributed by atoms with Crippen molar-refractivity contribution in [1.29, 1.82) is 0 Å². The molecule has 0 unspecified atom stereocenters. The molecule has 0 heterocycles. The maximum Gasteiger partial charge on any atom is -0.00204 e. The lowest BCUT2D eigenvalue weighted by Gasteiger charge is -2.16. The number of rotatable bonds is 2. The quantitative estimate of drug-likeness (QED) is 0.552. The Bertz CT molecular complexity index is 96.7. The molecule has 1 aliphatic carbocycles. The van der Waals surface area contributed by atoms with Crippen LogP contribution in [0.2, 0.25) is 0 Å². The molecule has 0 saturated carbocycles. The fraction of sp³-hybridized carbons (Fsp3) is 0.750. The van der Waals surface area contributed by atoms with Crippen molar-refractivity contribution in [2.45, 2.75) is 19.3 Å². The first-order valence-electron chi connectivity index (χ1n) is 3.73. The summed E-state index contributed by atoms with van der Waals surface area (Å²) in [5, 5.41) is 3.20. The van der Waals surface area contributed by atoms with Gasteiger partial charge in [-0.1, -0.05) is 12.2 Å². The third-order valence-electron chi connectivity index (χ3n) is 1.87. The molecule has 0 aromatic carbocycles. The van der Waals surface area contributed by atoms with Gasteiger partial charge in [-0.15, -0.1) is 0 Å². The number of allylic oxidation sites excluding steroid dienone is 2. The molecule has 1 nitrogen and oxygen atoms in total. The van der Waals surface area contributed by atoms with Crippen LogP contribution in [-0.4, -0.2) is 13.6 Å².